The molecule has 0 aliphatic heterocycles. The lowest BCUT2D eigenvalue weighted by molar-refractivity contribution is -0.117. The molecule has 1 aliphatic rings. The Balaban J connectivity index is 1.71. The summed E-state index contributed by atoms with van der Waals surface area (Å²) in [5.41, 5.74) is 6.76. The molecule has 1 saturated carbocycles. The number of hydrogen-bond donors (Lipinski definition) is 2. The Kier molecular flexibility index (Phi) is 3.82. The summed E-state index contributed by atoms with van der Waals surface area (Å²) in [6.45, 7) is 0. The number of nitrogens with two attached hydrogens (primary N) is 1. The third kappa shape index (κ3) is 3.16. The molecule has 0 unspecified atom stereocenters. The second kappa shape index (κ2) is 5.61. The van der Waals surface area contributed by atoms with E-state index in [-0.39, 0.29) is 11.4 Å². The molecular weight excluding hydrogens is 286 g/mol. The van der Waals surface area contributed by atoms with E-state index in [1.165, 1.54) is 11.3 Å². The molecule has 0 spiro atoms. The van der Waals surface area contributed by atoms with Crippen molar-refractivity contribution in [1.29, 1.82) is 0 Å². The summed E-state index contributed by atoms with van der Waals surface area (Å²) in [7, 11) is 1.63. The van der Waals surface area contributed by atoms with Crippen molar-refractivity contribution < 1.29 is 9.53 Å². The molecule has 0 radical (unpaired) electrons. The maximum atomic E-state index is 12.1. The Hall–Kier alpha value is -1.66. The molecule has 1 heterocycles. The normalized spacial score (nSPS) is 17.0. The first-order valence-corrected chi connectivity index (χ1v) is 7.93. The lowest BCUT2D eigenvalue weighted by Gasteiger charge is -2.22. The van der Waals surface area contributed by atoms with Crippen molar-refractivity contribution in [2.75, 3.05) is 12.4 Å². The number of nitrogens with one attached hydrogen (secondary N) is 1. The van der Waals surface area contributed by atoms with Gasteiger partial charge in [-0.1, -0.05) is 24.2 Å². The molecule has 1 aromatic heterocycles. The first-order chi connectivity index (χ1) is 10.1. The van der Waals surface area contributed by atoms with Crippen molar-refractivity contribution in [2.24, 2.45) is 5.73 Å². The SMILES string of the molecule is COc1ccc2nc(NC(=O)CC3(N)CCCC3)sc2c1. The fourth-order valence-corrected chi connectivity index (χ4v) is 3.73. The lowest BCUT2D eigenvalue weighted by Crippen LogP contribution is -2.40. The van der Waals surface area contributed by atoms with Crippen LogP contribution >= 0.6 is 11.3 Å². The second-order valence-electron chi connectivity index (χ2n) is 5.65. The van der Waals surface area contributed by atoms with Gasteiger partial charge in [-0.3, -0.25) is 4.79 Å². The van der Waals surface area contributed by atoms with Crippen molar-refractivity contribution in [3.05, 3.63) is 18.2 Å². The van der Waals surface area contributed by atoms with Crippen LogP contribution in [0.2, 0.25) is 0 Å². The Morgan fingerprint density at radius 3 is 2.95 bits per heavy atom. The van der Waals surface area contributed by atoms with Crippen molar-refractivity contribution in [2.45, 2.75) is 37.6 Å². The van der Waals surface area contributed by atoms with Crippen LogP contribution in [0.25, 0.3) is 10.2 Å². The Morgan fingerprint density at radius 1 is 1.48 bits per heavy atom. The third-order valence-corrected chi connectivity index (χ3v) is 4.89. The van der Waals surface area contributed by atoms with Crippen LogP contribution in [0, 0.1) is 0 Å². The zero-order chi connectivity index (χ0) is 14.9. The summed E-state index contributed by atoms with van der Waals surface area (Å²) in [6, 6.07) is 5.67. The minimum Gasteiger partial charge on any atom is -0.497 e. The van der Waals surface area contributed by atoms with E-state index in [4.69, 9.17) is 10.5 Å². The zero-order valence-electron chi connectivity index (χ0n) is 12.0. The first kappa shape index (κ1) is 14.3. The molecule has 1 aromatic carbocycles. The molecule has 1 fully saturated rings. The number of carbonyl (C=O) groups is 1. The van der Waals surface area contributed by atoms with E-state index >= 15 is 0 Å². The van der Waals surface area contributed by atoms with Crippen LogP contribution in [0.15, 0.2) is 18.2 Å². The molecule has 21 heavy (non-hydrogen) atoms. The van der Waals surface area contributed by atoms with Crippen LogP contribution in [0.1, 0.15) is 32.1 Å². The number of aromatic nitrogens is 1. The van der Waals surface area contributed by atoms with Crippen molar-refractivity contribution >= 4 is 32.6 Å². The zero-order valence-corrected chi connectivity index (χ0v) is 12.8. The topological polar surface area (TPSA) is 77.2 Å². The average molecular weight is 305 g/mol. The van der Waals surface area contributed by atoms with Crippen LogP contribution in [-0.4, -0.2) is 23.5 Å². The molecule has 1 aliphatic carbocycles. The summed E-state index contributed by atoms with van der Waals surface area (Å²) in [4.78, 5) is 16.5. The van der Waals surface area contributed by atoms with Crippen LogP contribution in [0.3, 0.4) is 0 Å². The first-order valence-electron chi connectivity index (χ1n) is 7.11. The Morgan fingerprint density at radius 2 is 2.24 bits per heavy atom. The van der Waals surface area contributed by atoms with E-state index in [0.29, 0.717) is 11.6 Å². The summed E-state index contributed by atoms with van der Waals surface area (Å²) in [5, 5.41) is 3.48. The number of rotatable bonds is 4. The van der Waals surface area contributed by atoms with Gasteiger partial charge in [0, 0.05) is 12.0 Å². The van der Waals surface area contributed by atoms with Gasteiger partial charge >= 0.3 is 0 Å². The van der Waals surface area contributed by atoms with Gasteiger partial charge in [-0.05, 0) is 31.0 Å². The molecule has 2 aromatic rings. The lowest BCUT2D eigenvalue weighted by atomic mass is 9.94. The van der Waals surface area contributed by atoms with E-state index < -0.39 is 0 Å². The van der Waals surface area contributed by atoms with E-state index in [2.05, 4.69) is 10.3 Å². The van der Waals surface area contributed by atoms with Crippen LogP contribution < -0.4 is 15.8 Å². The number of hydrogen-bond acceptors (Lipinski definition) is 5. The number of amides is 1. The molecule has 3 N–H and O–H groups in total. The number of thiazole rings is 1. The standard InChI is InChI=1S/C15H19N3O2S/c1-20-10-4-5-11-12(8-10)21-14(17-11)18-13(19)9-15(16)6-2-3-7-15/h4-5,8H,2-3,6-7,9,16H2,1H3,(H,17,18,19). The van der Waals surface area contributed by atoms with Crippen LogP contribution in [-0.2, 0) is 4.79 Å². The fraction of sp³-hybridized carbons (Fsp3) is 0.467. The van der Waals surface area contributed by atoms with Crippen molar-refractivity contribution in [3.8, 4) is 5.75 Å². The molecule has 0 atom stereocenters. The number of fused-ring (bicyclic) bond motifs is 1. The number of nitrogens with zero attached hydrogens (tertiary/aromatic N) is 1. The number of benzene rings is 1. The van der Waals surface area contributed by atoms with Crippen LogP contribution in [0.4, 0.5) is 5.13 Å². The summed E-state index contributed by atoms with van der Waals surface area (Å²) >= 11 is 1.45. The van der Waals surface area contributed by atoms with Crippen molar-refractivity contribution in [3.63, 3.8) is 0 Å². The predicted molar refractivity (Wildman–Crippen MR) is 84.8 cm³/mol. The number of carbonyl (C=O) groups excluding carboxylic acids is 1. The van der Waals surface area contributed by atoms with Gasteiger partial charge < -0.3 is 15.8 Å². The van der Waals surface area contributed by atoms with Gasteiger partial charge in [0.05, 0.1) is 17.3 Å². The quantitative estimate of drug-likeness (QED) is 0.910. The van der Waals surface area contributed by atoms with Gasteiger partial charge in [0.2, 0.25) is 5.91 Å². The van der Waals surface area contributed by atoms with Gasteiger partial charge in [-0.2, -0.15) is 0 Å². The largest absolute Gasteiger partial charge is 0.497 e. The minimum atomic E-state index is -0.329. The monoisotopic (exact) mass is 305 g/mol. The van der Waals surface area contributed by atoms with Crippen molar-refractivity contribution in [1.82, 2.24) is 4.98 Å². The maximum Gasteiger partial charge on any atom is 0.228 e. The highest BCUT2D eigenvalue weighted by Crippen LogP contribution is 2.32. The highest BCUT2D eigenvalue weighted by molar-refractivity contribution is 7.22. The summed E-state index contributed by atoms with van der Waals surface area (Å²) < 4.78 is 6.18. The van der Waals surface area contributed by atoms with Gasteiger partial charge in [0.15, 0.2) is 5.13 Å². The number of methoxy groups -OCH3 is 1. The van der Waals surface area contributed by atoms with E-state index in [0.717, 1.165) is 41.6 Å². The molecular formula is C15H19N3O2S. The van der Waals surface area contributed by atoms with E-state index in [1.54, 1.807) is 7.11 Å². The maximum absolute atomic E-state index is 12.1. The molecule has 3 rings (SSSR count). The van der Waals surface area contributed by atoms with Gasteiger partial charge in [0.1, 0.15) is 5.75 Å². The fourth-order valence-electron chi connectivity index (χ4n) is 2.82. The smallest absolute Gasteiger partial charge is 0.228 e. The van der Waals surface area contributed by atoms with E-state index in [1.807, 2.05) is 18.2 Å². The summed E-state index contributed by atoms with van der Waals surface area (Å²) in [5.74, 6) is 0.737. The summed E-state index contributed by atoms with van der Waals surface area (Å²) in [6.07, 6.45) is 4.45. The molecule has 1 amide bonds. The van der Waals surface area contributed by atoms with Gasteiger partial charge in [-0.15, -0.1) is 0 Å². The van der Waals surface area contributed by atoms with Gasteiger partial charge in [0.25, 0.3) is 0 Å². The van der Waals surface area contributed by atoms with Crippen LogP contribution in [0.5, 0.6) is 5.75 Å². The Labute approximate surface area is 127 Å². The predicted octanol–water partition coefficient (Wildman–Crippen LogP) is 2.91. The Bertz CT molecular complexity index is 662. The average Bonchev–Trinajstić information content (AvgIpc) is 3.03. The molecule has 5 nitrogen and oxygen atoms in total. The second-order valence-corrected chi connectivity index (χ2v) is 6.68. The highest BCUT2D eigenvalue weighted by Gasteiger charge is 2.31. The molecule has 112 valence electrons. The molecule has 0 bridgehead atoms. The third-order valence-electron chi connectivity index (χ3n) is 3.95. The van der Waals surface area contributed by atoms with Gasteiger partial charge in [-0.25, -0.2) is 4.98 Å². The molecule has 6 heteroatoms. The van der Waals surface area contributed by atoms with E-state index in [9.17, 15) is 4.79 Å². The molecule has 0 saturated heterocycles. The highest BCUT2D eigenvalue weighted by atomic mass is 32.1. The minimum absolute atomic E-state index is 0.0505. The number of anilines is 1. The number of ether oxygens (including phenoxy) is 1.